The van der Waals surface area contributed by atoms with Gasteiger partial charge >= 0.3 is 5.97 Å². The van der Waals surface area contributed by atoms with Crippen molar-refractivity contribution in [3.8, 4) is 0 Å². The van der Waals surface area contributed by atoms with Crippen molar-refractivity contribution in [2.24, 2.45) is 0 Å². The number of benzene rings is 2. The summed E-state index contributed by atoms with van der Waals surface area (Å²) in [6, 6.07) is 21.0. The molecule has 2 rings (SSSR count). The number of hydrogen-bond acceptors (Lipinski definition) is 5. The Morgan fingerprint density at radius 2 is 1.16 bits per heavy atom. The zero-order valence-electron chi connectivity index (χ0n) is 18.7. The molecular weight excluding hydrogens is 412 g/mol. The molecule has 0 spiro atoms. The molecule has 0 aliphatic carbocycles. The summed E-state index contributed by atoms with van der Waals surface area (Å²) < 4.78 is 22.7. The summed E-state index contributed by atoms with van der Waals surface area (Å²) in [5.41, 5.74) is 0. The number of carboxylic acid groups (broad SMARTS) is 1. The van der Waals surface area contributed by atoms with E-state index >= 15 is 0 Å². The van der Waals surface area contributed by atoms with Gasteiger partial charge in [-0.05, 0) is 15.4 Å². The standard InChI is InChI=1S/C24H34O6Si/c1-24(2,3)31(21-10-6-4-7-11-21,22-12-8-5-9-13-22)30-19-18-28-15-14-27-16-17-29-20-23(25)26/h4-13H,14-20H2,1-3H3,(H,25,26). The molecule has 0 amide bonds. The fourth-order valence-electron chi connectivity index (χ4n) is 3.61. The Labute approximate surface area is 186 Å². The van der Waals surface area contributed by atoms with Crippen LogP contribution in [0, 0.1) is 0 Å². The lowest BCUT2D eigenvalue weighted by Gasteiger charge is -2.43. The number of ether oxygens (including phenoxy) is 3. The summed E-state index contributed by atoms with van der Waals surface area (Å²) in [7, 11) is -2.52. The smallest absolute Gasteiger partial charge is 0.329 e. The van der Waals surface area contributed by atoms with Crippen molar-refractivity contribution >= 4 is 24.7 Å². The summed E-state index contributed by atoms with van der Waals surface area (Å²) in [6.07, 6.45) is 0. The first-order valence-corrected chi connectivity index (χ1v) is 12.5. The van der Waals surface area contributed by atoms with Gasteiger partial charge in [0.25, 0.3) is 8.32 Å². The van der Waals surface area contributed by atoms with Crippen LogP contribution in [0.3, 0.4) is 0 Å². The SMILES string of the molecule is CC(C)(C)[Si](OCCOCCOCCOCC(=O)O)(c1ccccc1)c1ccccc1. The molecule has 2 aromatic rings. The second-order valence-electron chi connectivity index (χ2n) is 8.18. The molecular formula is C24H34O6Si. The summed E-state index contributed by atoms with van der Waals surface area (Å²) in [4.78, 5) is 10.4. The normalized spacial score (nSPS) is 12.1. The summed E-state index contributed by atoms with van der Waals surface area (Å²) in [5.74, 6) is -0.982. The lowest BCUT2D eigenvalue weighted by Crippen LogP contribution is -2.66. The van der Waals surface area contributed by atoms with Gasteiger partial charge in [-0.25, -0.2) is 4.79 Å². The maximum absolute atomic E-state index is 10.4. The third-order valence-corrected chi connectivity index (χ3v) is 9.97. The maximum atomic E-state index is 10.4. The molecule has 31 heavy (non-hydrogen) atoms. The summed E-state index contributed by atoms with van der Waals surface area (Å²) in [5, 5.41) is 10.9. The van der Waals surface area contributed by atoms with Crippen molar-refractivity contribution < 1.29 is 28.5 Å². The van der Waals surface area contributed by atoms with Gasteiger partial charge in [-0.2, -0.15) is 0 Å². The largest absolute Gasteiger partial charge is 0.480 e. The minimum Gasteiger partial charge on any atom is -0.480 e. The highest BCUT2D eigenvalue weighted by atomic mass is 28.4. The van der Waals surface area contributed by atoms with Gasteiger partial charge in [0.15, 0.2) is 0 Å². The van der Waals surface area contributed by atoms with Gasteiger partial charge in [0.2, 0.25) is 0 Å². The van der Waals surface area contributed by atoms with Gasteiger partial charge in [-0.1, -0.05) is 81.4 Å². The van der Waals surface area contributed by atoms with Crippen LogP contribution in [-0.4, -0.2) is 65.6 Å². The zero-order chi connectivity index (χ0) is 22.6. The van der Waals surface area contributed by atoms with Crippen molar-refractivity contribution in [1.29, 1.82) is 0 Å². The third kappa shape index (κ3) is 7.55. The van der Waals surface area contributed by atoms with Crippen molar-refractivity contribution in [3.63, 3.8) is 0 Å². The average Bonchev–Trinajstić information content (AvgIpc) is 2.75. The van der Waals surface area contributed by atoms with Gasteiger partial charge in [0.1, 0.15) is 6.61 Å². The van der Waals surface area contributed by atoms with Gasteiger partial charge < -0.3 is 23.7 Å². The Morgan fingerprint density at radius 3 is 1.58 bits per heavy atom. The fraction of sp³-hybridized carbons (Fsp3) is 0.458. The van der Waals surface area contributed by atoms with Crippen LogP contribution in [0.15, 0.2) is 60.7 Å². The van der Waals surface area contributed by atoms with Gasteiger partial charge in [-0.15, -0.1) is 0 Å². The fourth-order valence-corrected chi connectivity index (χ4v) is 8.16. The summed E-state index contributed by atoms with van der Waals surface area (Å²) in [6.45, 7) is 8.88. The van der Waals surface area contributed by atoms with E-state index in [1.165, 1.54) is 10.4 Å². The molecule has 0 saturated carbocycles. The first-order valence-electron chi connectivity index (χ1n) is 10.6. The molecule has 0 radical (unpaired) electrons. The Bertz CT molecular complexity index is 721. The minimum absolute atomic E-state index is 0.0607. The Kier molecular flexibility index (Phi) is 10.4. The number of rotatable bonds is 14. The van der Waals surface area contributed by atoms with Gasteiger partial charge in [-0.3, -0.25) is 0 Å². The van der Waals surface area contributed by atoms with Crippen molar-refractivity contribution in [1.82, 2.24) is 0 Å². The zero-order valence-corrected chi connectivity index (χ0v) is 19.7. The topological polar surface area (TPSA) is 74.2 Å². The highest BCUT2D eigenvalue weighted by molar-refractivity contribution is 6.99. The first-order chi connectivity index (χ1) is 14.9. The molecule has 1 N–H and O–H groups in total. The molecule has 0 unspecified atom stereocenters. The molecule has 0 heterocycles. The Balaban J connectivity index is 1.90. The minimum atomic E-state index is -2.52. The van der Waals surface area contributed by atoms with Crippen LogP contribution >= 0.6 is 0 Å². The van der Waals surface area contributed by atoms with Gasteiger partial charge in [0, 0.05) is 0 Å². The average molecular weight is 447 g/mol. The molecule has 2 aromatic carbocycles. The van der Waals surface area contributed by atoms with E-state index < -0.39 is 14.3 Å². The van der Waals surface area contributed by atoms with Crippen molar-refractivity contribution in [2.45, 2.75) is 25.8 Å². The predicted molar refractivity (Wildman–Crippen MR) is 124 cm³/mol. The molecule has 7 heteroatoms. The van der Waals surface area contributed by atoms with E-state index in [9.17, 15) is 4.79 Å². The van der Waals surface area contributed by atoms with Crippen molar-refractivity contribution in [2.75, 3.05) is 46.2 Å². The number of carbonyl (C=O) groups is 1. The molecule has 6 nitrogen and oxygen atoms in total. The number of hydrogen-bond donors (Lipinski definition) is 1. The van der Waals surface area contributed by atoms with E-state index in [-0.39, 0.29) is 18.3 Å². The van der Waals surface area contributed by atoms with Crippen LogP contribution in [0.4, 0.5) is 0 Å². The number of carboxylic acids is 1. The molecule has 170 valence electrons. The van der Waals surface area contributed by atoms with Crippen LogP contribution in [0.2, 0.25) is 5.04 Å². The van der Waals surface area contributed by atoms with Crippen LogP contribution in [0.1, 0.15) is 20.8 Å². The molecule has 0 bridgehead atoms. The van der Waals surface area contributed by atoms with E-state index in [4.69, 9.17) is 23.7 Å². The lowest BCUT2D eigenvalue weighted by molar-refractivity contribution is -0.142. The van der Waals surface area contributed by atoms with Gasteiger partial charge in [0.05, 0.1) is 39.6 Å². The van der Waals surface area contributed by atoms with E-state index in [1.807, 2.05) is 12.1 Å². The van der Waals surface area contributed by atoms with Crippen LogP contribution in [0.25, 0.3) is 0 Å². The summed E-state index contributed by atoms with van der Waals surface area (Å²) >= 11 is 0. The molecule has 0 atom stereocenters. The molecule has 0 aromatic heterocycles. The highest BCUT2D eigenvalue weighted by Gasteiger charge is 2.49. The van der Waals surface area contributed by atoms with Crippen LogP contribution < -0.4 is 10.4 Å². The second kappa shape index (κ2) is 12.7. The predicted octanol–water partition coefficient (Wildman–Crippen LogP) is 2.70. The molecule has 0 aliphatic rings. The van der Waals surface area contributed by atoms with Crippen molar-refractivity contribution in [3.05, 3.63) is 60.7 Å². The second-order valence-corrected chi connectivity index (χ2v) is 12.5. The van der Waals surface area contributed by atoms with Crippen LogP contribution in [0.5, 0.6) is 0 Å². The first kappa shape index (κ1) is 25.2. The van der Waals surface area contributed by atoms with E-state index in [0.29, 0.717) is 33.0 Å². The molecule has 0 fully saturated rings. The van der Waals surface area contributed by atoms with E-state index in [0.717, 1.165) is 0 Å². The highest BCUT2D eigenvalue weighted by Crippen LogP contribution is 2.36. The Hall–Kier alpha value is -2.03. The third-order valence-electron chi connectivity index (χ3n) is 4.93. The lowest BCUT2D eigenvalue weighted by atomic mass is 10.2. The monoisotopic (exact) mass is 446 g/mol. The van der Waals surface area contributed by atoms with E-state index in [1.54, 1.807) is 0 Å². The molecule has 0 saturated heterocycles. The maximum Gasteiger partial charge on any atom is 0.329 e. The van der Waals surface area contributed by atoms with Crippen LogP contribution in [-0.2, 0) is 23.4 Å². The quantitative estimate of drug-likeness (QED) is 0.355. The van der Waals surface area contributed by atoms with E-state index in [2.05, 4.69) is 69.3 Å². The molecule has 0 aliphatic heterocycles. The Morgan fingerprint density at radius 1 is 0.742 bits per heavy atom. The number of aliphatic carboxylic acids is 1.